The molecule has 1 fully saturated rings. The minimum Gasteiger partial charge on any atom is -0.493 e. The highest BCUT2D eigenvalue weighted by Crippen LogP contribution is 2.37. The second-order valence-electron chi connectivity index (χ2n) is 5.93. The maximum Gasteiger partial charge on any atom is 0.289 e. The van der Waals surface area contributed by atoms with Crippen LogP contribution in [0.4, 0.5) is 9.18 Å². The monoisotopic (exact) mass is 409 g/mol. The van der Waals surface area contributed by atoms with Gasteiger partial charge in [-0.15, -0.1) is 0 Å². The summed E-state index contributed by atoms with van der Waals surface area (Å²) in [4.78, 5) is 26.2. The van der Waals surface area contributed by atoms with Crippen molar-refractivity contribution in [3.8, 4) is 11.5 Å². The molecule has 1 aliphatic rings. The molecule has 3 rings (SSSR count). The number of halogens is 2. The first-order chi connectivity index (χ1) is 12.9. The van der Waals surface area contributed by atoms with Gasteiger partial charge in [0, 0.05) is 11.1 Å². The number of carbonyl (C=O) groups is 2. The number of nitrogens with zero attached hydrogens (tertiary/aromatic N) is 1. The predicted octanol–water partition coefficient (Wildman–Crippen LogP) is 4.30. The van der Waals surface area contributed by atoms with E-state index in [1.54, 1.807) is 24.3 Å². The number of ether oxygens (including phenoxy) is 2. The summed E-state index contributed by atoms with van der Waals surface area (Å²) in [6, 6.07) is 9.04. The highest BCUT2D eigenvalue weighted by molar-refractivity contribution is 8.15. The lowest BCUT2D eigenvalue weighted by Gasteiger charge is -2.15. The third-order valence-electron chi connectivity index (χ3n) is 4.22. The number of hydrogen-bond donors (Lipinski definition) is 0. The zero-order valence-corrected chi connectivity index (χ0v) is 16.3. The summed E-state index contributed by atoms with van der Waals surface area (Å²) in [7, 11) is 3.02. The first-order valence-electron chi connectivity index (χ1n) is 8.09. The summed E-state index contributed by atoms with van der Waals surface area (Å²) in [6.07, 6.45) is 0.286. The Morgan fingerprint density at radius 1 is 1.11 bits per heavy atom. The molecule has 2 aromatic rings. The number of imide groups is 1. The first-order valence-corrected chi connectivity index (χ1v) is 9.35. The largest absolute Gasteiger partial charge is 0.493 e. The third-order valence-corrected chi connectivity index (χ3v) is 5.64. The summed E-state index contributed by atoms with van der Waals surface area (Å²) in [5.41, 5.74) is 1.38. The number of methoxy groups -OCH3 is 2. The van der Waals surface area contributed by atoms with Gasteiger partial charge < -0.3 is 9.47 Å². The minimum atomic E-state index is -0.575. The maximum absolute atomic E-state index is 13.0. The van der Waals surface area contributed by atoms with Gasteiger partial charge in [0.15, 0.2) is 11.5 Å². The SMILES string of the molecule is COc1cc(Cl)c(C[C@H]2SC(=O)N(Cc3ccc(F)cc3)C2=O)cc1OC. The topological polar surface area (TPSA) is 55.8 Å². The molecule has 27 heavy (non-hydrogen) atoms. The Labute approximate surface area is 165 Å². The van der Waals surface area contributed by atoms with Gasteiger partial charge >= 0.3 is 0 Å². The number of rotatable bonds is 6. The molecule has 0 radical (unpaired) electrons. The van der Waals surface area contributed by atoms with E-state index in [0.717, 1.165) is 11.8 Å². The second-order valence-corrected chi connectivity index (χ2v) is 7.49. The molecule has 1 heterocycles. The van der Waals surface area contributed by atoms with Crippen molar-refractivity contribution in [3.63, 3.8) is 0 Å². The lowest BCUT2D eigenvalue weighted by Crippen LogP contribution is -2.31. The van der Waals surface area contributed by atoms with Gasteiger partial charge in [-0.1, -0.05) is 35.5 Å². The highest BCUT2D eigenvalue weighted by atomic mass is 35.5. The fraction of sp³-hybridized carbons (Fsp3) is 0.263. The summed E-state index contributed by atoms with van der Waals surface area (Å²) >= 11 is 7.25. The van der Waals surface area contributed by atoms with Crippen molar-refractivity contribution in [2.75, 3.05) is 14.2 Å². The van der Waals surface area contributed by atoms with Gasteiger partial charge in [-0.25, -0.2) is 4.39 Å². The Hall–Kier alpha value is -2.25. The van der Waals surface area contributed by atoms with Crippen molar-refractivity contribution in [3.05, 3.63) is 58.4 Å². The number of amides is 2. The van der Waals surface area contributed by atoms with E-state index in [1.165, 1.54) is 31.3 Å². The van der Waals surface area contributed by atoms with Gasteiger partial charge in [0.25, 0.3) is 5.24 Å². The van der Waals surface area contributed by atoms with E-state index in [0.29, 0.717) is 27.6 Å². The number of thioether (sulfide) groups is 1. The van der Waals surface area contributed by atoms with E-state index in [2.05, 4.69) is 0 Å². The smallest absolute Gasteiger partial charge is 0.289 e. The molecule has 0 N–H and O–H groups in total. The van der Waals surface area contributed by atoms with Crippen LogP contribution in [-0.4, -0.2) is 35.5 Å². The van der Waals surface area contributed by atoms with Crippen molar-refractivity contribution >= 4 is 34.5 Å². The molecule has 0 bridgehead atoms. The van der Waals surface area contributed by atoms with Crippen LogP contribution < -0.4 is 9.47 Å². The van der Waals surface area contributed by atoms with Gasteiger partial charge in [0.1, 0.15) is 5.82 Å². The quantitative estimate of drug-likeness (QED) is 0.711. The number of benzene rings is 2. The molecule has 8 heteroatoms. The molecule has 5 nitrogen and oxygen atoms in total. The Morgan fingerprint density at radius 3 is 2.37 bits per heavy atom. The number of hydrogen-bond acceptors (Lipinski definition) is 5. The minimum absolute atomic E-state index is 0.112. The molecule has 0 spiro atoms. The molecule has 0 unspecified atom stereocenters. The van der Waals surface area contributed by atoms with Crippen LogP contribution in [0, 0.1) is 5.82 Å². The van der Waals surface area contributed by atoms with E-state index in [4.69, 9.17) is 21.1 Å². The molecule has 0 saturated carbocycles. The molecule has 0 aliphatic carbocycles. The molecule has 2 aromatic carbocycles. The predicted molar refractivity (Wildman–Crippen MR) is 102 cm³/mol. The molecular formula is C19H17ClFNO4S. The molecule has 0 aromatic heterocycles. The van der Waals surface area contributed by atoms with Crippen molar-refractivity contribution in [2.24, 2.45) is 0 Å². The van der Waals surface area contributed by atoms with Crippen LogP contribution >= 0.6 is 23.4 Å². The second kappa shape index (κ2) is 8.19. The van der Waals surface area contributed by atoms with Crippen LogP contribution in [0.1, 0.15) is 11.1 Å². The normalized spacial score (nSPS) is 16.7. The van der Waals surface area contributed by atoms with Crippen LogP contribution in [0.25, 0.3) is 0 Å². The average molecular weight is 410 g/mol. The van der Waals surface area contributed by atoms with Crippen LogP contribution in [0.5, 0.6) is 11.5 Å². The zero-order chi connectivity index (χ0) is 19.6. The van der Waals surface area contributed by atoms with Crippen molar-refractivity contribution < 1.29 is 23.5 Å². The van der Waals surface area contributed by atoms with Crippen molar-refractivity contribution in [1.82, 2.24) is 4.90 Å². The van der Waals surface area contributed by atoms with E-state index in [9.17, 15) is 14.0 Å². The van der Waals surface area contributed by atoms with Crippen LogP contribution in [0.2, 0.25) is 5.02 Å². The molecule has 2 amide bonds. The standard InChI is InChI=1S/C19H17ClFNO4S/c1-25-15-7-12(14(20)9-16(15)26-2)8-17-18(23)22(19(24)27-17)10-11-3-5-13(21)6-4-11/h3-7,9,17H,8,10H2,1-2H3/t17-/m1/s1. The van der Waals surface area contributed by atoms with Crippen LogP contribution in [-0.2, 0) is 17.8 Å². The summed E-state index contributed by atoms with van der Waals surface area (Å²) < 4.78 is 23.5. The number of carbonyl (C=O) groups excluding carboxylic acids is 2. The van der Waals surface area contributed by atoms with E-state index in [1.807, 2.05) is 0 Å². The lowest BCUT2D eigenvalue weighted by atomic mass is 10.1. The Kier molecular flexibility index (Phi) is 5.92. The van der Waals surface area contributed by atoms with E-state index < -0.39 is 5.25 Å². The highest BCUT2D eigenvalue weighted by Gasteiger charge is 2.39. The van der Waals surface area contributed by atoms with Gasteiger partial charge in [0.05, 0.1) is 26.0 Å². The van der Waals surface area contributed by atoms with Crippen molar-refractivity contribution in [1.29, 1.82) is 0 Å². The van der Waals surface area contributed by atoms with Crippen LogP contribution in [0.15, 0.2) is 36.4 Å². The molecular weight excluding hydrogens is 393 g/mol. The molecule has 1 aliphatic heterocycles. The Morgan fingerprint density at radius 2 is 1.74 bits per heavy atom. The fourth-order valence-corrected chi connectivity index (χ4v) is 4.04. The maximum atomic E-state index is 13.0. The average Bonchev–Trinajstić information content (AvgIpc) is 2.92. The molecule has 1 atom stereocenters. The third kappa shape index (κ3) is 4.20. The Bertz CT molecular complexity index is 875. The van der Waals surface area contributed by atoms with Gasteiger partial charge in [-0.05, 0) is 35.7 Å². The molecule has 142 valence electrons. The van der Waals surface area contributed by atoms with Crippen LogP contribution in [0.3, 0.4) is 0 Å². The van der Waals surface area contributed by atoms with Gasteiger partial charge in [0.2, 0.25) is 5.91 Å². The van der Waals surface area contributed by atoms with Crippen molar-refractivity contribution in [2.45, 2.75) is 18.2 Å². The first kappa shape index (κ1) is 19.5. The fourth-order valence-electron chi connectivity index (χ4n) is 2.80. The summed E-state index contributed by atoms with van der Waals surface area (Å²) in [5, 5.41) is -0.468. The summed E-state index contributed by atoms with van der Waals surface area (Å²) in [6.45, 7) is 0.112. The van der Waals surface area contributed by atoms with Gasteiger partial charge in [-0.3, -0.25) is 14.5 Å². The van der Waals surface area contributed by atoms with E-state index >= 15 is 0 Å². The summed E-state index contributed by atoms with van der Waals surface area (Å²) in [5.74, 6) is 0.334. The zero-order valence-electron chi connectivity index (χ0n) is 14.7. The van der Waals surface area contributed by atoms with E-state index in [-0.39, 0.29) is 29.9 Å². The lowest BCUT2D eigenvalue weighted by molar-refractivity contribution is -0.127. The Balaban J connectivity index is 1.76. The van der Waals surface area contributed by atoms with Gasteiger partial charge in [-0.2, -0.15) is 0 Å². The molecule has 1 saturated heterocycles.